The van der Waals surface area contributed by atoms with E-state index in [2.05, 4.69) is 26.2 Å². The molecule has 0 atom stereocenters. The van der Waals surface area contributed by atoms with Crippen LogP contribution in [0.2, 0.25) is 0 Å². The Kier molecular flexibility index (Phi) is 2.99. The molecular weight excluding hydrogens is 270 g/mol. The summed E-state index contributed by atoms with van der Waals surface area (Å²) in [6.07, 6.45) is 3.41. The van der Waals surface area contributed by atoms with Gasteiger partial charge < -0.3 is 11.1 Å². The third kappa shape index (κ3) is 2.10. The van der Waals surface area contributed by atoms with E-state index >= 15 is 0 Å². The molecule has 86 valence electrons. The van der Waals surface area contributed by atoms with Gasteiger partial charge in [0.25, 0.3) is 0 Å². The fourth-order valence-corrected chi connectivity index (χ4v) is 1.78. The maximum atomic E-state index is 11.9. The number of amides is 1. The summed E-state index contributed by atoms with van der Waals surface area (Å²) in [5.41, 5.74) is 7.00. The molecule has 0 aromatic carbocycles. The summed E-state index contributed by atoms with van der Waals surface area (Å²) in [6, 6.07) is 1.89. The molecule has 1 aromatic rings. The number of carbonyl (C=O) groups excluding carboxylic acids is 1. The summed E-state index contributed by atoms with van der Waals surface area (Å²) < 4.78 is 0.797. The number of nitrogens with zero attached hydrogens (tertiary/aromatic N) is 1. The van der Waals surface area contributed by atoms with Crippen molar-refractivity contribution in [2.45, 2.75) is 19.8 Å². The quantitative estimate of drug-likeness (QED) is 0.832. The first-order chi connectivity index (χ1) is 7.57. The first-order valence-corrected chi connectivity index (χ1v) is 6.00. The van der Waals surface area contributed by atoms with Gasteiger partial charge >= 0.3 is 0 Å². The smallest absolute Gasteiger partial charge is 0.231 e. The van der Waals surface area contributed by atoms with E-state index in [0.29, 0.717) is 6.54 Å². The molecule has 1 fully saturated rings. The number of rotatable bonds is 3. The molecule has 5 heteroatoms. The predicted octanol–water partition coefficient (Wildman–Crippen LogP) is 1.83. The van der Waals surface area contributed by atoms with E-state index in [1.165, 1.54) is 0 Å². The molecule has 1 saturated carbocycles. The Labute approximate surface area is 103 Å². The molecule has 1 aromatic heterocycles. The number of aromatic nitrogens is 1. The minimum atomic E-state index is -0.318. The van der Waals surface area contributed by atoms with Crippen LogP contribution in [0, 0.1) is 12.3 Å². The predicted molar refractivity (Wildman–Crippen MR) is 66.0 cm³/mol. The lowest BCUT2D eigenvalue weighted by Crippen LogP contribution is -2.30. The number of nitrogens with two attached hydrogens (primary N) is 1. The van der Waals surface area contributed by atoms with Crippen molar-refractivity contribution in [2.24, 2.45) is 11.1 Å². The zero-order chi connectivity index (χ0) is 11.8. The van der Waals surface area contributed by atoms with Crippen LogP contribution in [0.25, 0.3) is 0 Å². The van der Waals surface area contributed by atoms with E-state index < -0.39 is 0 Å². The molecule has 3 N–H and O–H groups in total. The molecular formula is C11H14BrN3O. The van der Waals surface area contributed by atoms with Gasteiger partial charge in [0.1, 0.15) is 4.60 Å². The summed E-state index contributed by atoms with van der Waals surface area (Å²) in [5.74, 6) is 0.0125. The van der Waals surface area contributed by atoms with Gasteiger partial charge in [-0.3, -0.25) is 4.79 Å². The highest BCUT2D eigenvalue weighted by atomic mass is 79.9. The average molecular weight is 284 g/mol. The van der Waals surface area contributed by atoms with Gasteiger partial charge in [-0.25, -0.2) is 4.98 Å². The van der Waals surface area contributed by atoms with Crippen LogP contribution in [0.4, 0.5) is 5.69 Å². The van der Waals surface area contributed by atoms with E-state index in [1.807, 2.05) is 13.0 Å². The summed E-state index contributed by atoms with van der Waals surface area (Å²) in [6.45, 7) is 2.35. The molecule has 0 radical (unpaired) electrons. The van der Waals surface area contributed by atoms with Crippen molar-refractivity contribution in [2.75, 3.05) is 11.9 Å². The lowest BCUT2D eigenvalue weighted by Gasteiger charge is -2.13. The number of hydrogen-bond donors (Lipinski definition) is 2. The third-order valence-electron chi connectivity index (χ3n) is 3.00. The minimum absolute atomic E-state index is 0.0125. The van der Waals surface area contributed by atoms with Crippen LogP contribution in [0.3, 0.4) is 0 Å². The lowest BCUT2D eigenvalue weighted by molar-refractivity contribution is -0.120. The van der Waals surface area contributed by atoms with Crippen LogP contribution in [0.5, 0.6) is 0 Å². The second kappa shape index (κ2) is 4.14. The molecule has 0 bridgehead atoms. The maximum Gasteiger partial charge on any atom is 0.231 e. The van der Waals surface area contributed by atoms with Gasteiger partial charge in [-0.05, 0) is 47.3 Å². The Morgan fingerprint density at radius 2 is 2.38 bits per heavy atom. The average Bonchev–Trinajstić information content (AvgIpc) is 3.04. The van der Waals surface area contributed by atoms with Gasteiger partial charge in [0, 0.05) is 6.54 Å². The van der Waals surface area contributed by atoms with Gasteiger partial charge in [0.05, 0.1) is 17.3 Å². The molecule has 1 amide bonds. The molecule has 4 nitrogen and oxygen atoms in total. The minimum Gasteiger partial charge on any atom is -0.329 e. The second-order valence-corrected chi connectivity index (χ2v) is 5.02. The Morgan fingerprint density at radius 1 is 1.69 bits per heavy atom. The lowest BCUT2D eigenvalue weighted by atomic mass is 10.1. The van der Waals surface area contributed by atoms with E-state index in [0.717, 1.165) is 28.7 Å². The molecule has 0 spiro atoms. The molecule has 0 unspecified atom stereocenters. The van der Waals surface area contributed by atoms with Gasteiger partial charge in [-0.1, -0.05) is 0 Å². The van der Waals surface area contributed by atoms with Crippen molar-refractivity contribution in [3.8, 4) is 0 Å². The van der Waals surface area contributed by atoms with Gasteiger partial charge in [0.2, 0.25) is 5.91 Å². The summed E-state index contributed by atoms with van der Waals surface area (Å²) in [7, 11) is 0. The van der Waals surface area contributed by atoms with E-state index in [9.17, 15) is 4.79 Å². The highest BCUT2D eigenvalue weighted by Gasteiger charge is 2.48. The zero-order valence-corrected chi connectivity index (χ0v) is 10.7. The molecule has 1 aliphatic rings. The number of pyridine rings is 1. The van der Waals surface area contributed by atoms with Crippen molar-refractivity contribution < 1.29 is 4.79 Å². The summed E-state index contributed by atoms with van der Waals surface area (Å²) >= 11 is 3.32. The zero-order valence-electron chi connectivity index (χ0n) is 9.09. The number of carbonyl (C=O) groups is 1. The van der Waals surface area contributed by atoms with Crippen LogP contribution >= 0.6 is 15.9 Å². The van der Waals surface area contributed by atoms with Crippen molar-refractivity contribution in [3.63, 3.8) is 0 Å². The highest BCUT2D eigenvalue weighted by Crippen LogP contribution is 2.45. The van der Waals surface area contributed by atoms with Gasteiger partial charge in [-0.15, -0.1) is 0 Å². The third-order valence-corrected chi connectivity index (χ3v) is 3.83. The highest BCUT2D eigenvalue weighted by molar-refractivity contribution is 9.10. The van der Waals surface area contributed by atoms with Crippen molar-refractivity contribution in [3.05, 3.63) is 22.4 Å². The van der Waals surface area contributed by atoms with Crippen LogP contribution < -0.4 is 11.1 Å². The van der Waals surface area contributed by atoms with Crippen molar-refractivity contribution in [1.29, 1.82) is 0 Å². The fourth-order valence-electron chi connectivity index (χ4n) is 1.56. The van der Waals surface area contributed by atoms with Crippen LogP contribution in [0.15, 0.2) is 16.9 Å². The second-order valence-electron chi connectivity index (χ2n) is 4.27. The van der Waals surface area contributed by atoms with Crippen LogP contribution in [-0.2, 0) is 4.79 Å². The van der Waals surface area contributed by atoms with Crippen LogP contribution in [-0.4, -0.2) is 17.4 Å². The number of halogens is 1. The van der Waals surface area contributed by atoms with Gasteiger partial charge in [-0.2, -0.15) is 0 Å². The van der Waals surface area contributed by atoms with E-state index in [4.69, 9.17) is 5.73 Å². The number of hydrogen-bond acceptors (Lipinski definition) is 3. The Hall–Kier alpha value is -0.940. The number of aryl methyl sites for hydroxylation is 1. The van der Waals surface area contributed by atoms with E-state index in [1.54, 1.807) is 6.20 Å². The number of nitrogens with one attached hydrogen (secondary N) is 1. The topological polar surface area (TPSA) is 68.0 Å². The van der Waals surface area contributed by atoms with Crippen molar-refractivity contribution in [1.82, 2.24) is 4.98 Å². The number of anilines is 1. The van der Waals surface area contributed by atoms with E-state index in [-0.39, 0.29) is 11.3 Å². The fraction of sp³-hybridized carbons (Fsp3) is 0.455. The SMILES string of the molecule is Cc1cc(NC(=O)C2(CN)CC2)cnc1Br. The molecule has 1 aliphatic carbocycles. The normalized spacial score (nSPS) is 16.9. The van der Waals surface area contributed by atoms with Gasteiger partial charge in [0.15, 0.2) is 0 Å². The maximum absolute atomic E-state index is 11.9. The largest absolute Gasteiger partial charge is 0.329 e. The molecule has 0 saturated heterocycles. The Balaban J connectivity index is 2.09. The molecule has 16 heavy (non-hydrogen) atoms. The summed E-state index contributed by atoms with van der Waals surface area (Å²) in [5, 5.41) is 2.86. The molecule has 2 rings (SSSR count). The Bertz CT molecular complexity index is 429. The first kappa shape index (κ1) is 11.5. The molecule has 0 aliphatic heterocycles. The Morgan fingerprint density at radius 3 is 2.88 bits per heavy atom. The standard InChI is InChI=1S/C11H14BrN3O/c1-7-4-8(5-14-9(7)12)15-10(16)11(6-13)2-3-11/h4-5H,2-3,6,13H2,1H3,(H,15,16). The first-order valence-electron chi connectivity index (χ1n) is 5.21. The van der Waals surface area contributed by atoms with Crippen molar-refractivity contribution >= 4 is 27.5 Å². The summed E-state index contributed by atoms with van der Waals surface area (Å²) in [4.78, 5) is 16.0. The molecule has 1 heterocycles. The van der Waals surface area contributed by atoms with Crippen LogP contribution in [0.1, 0.15) is 18.4 Å². The monoisotopic (exact) mass is 283 g/mol.